The highest BCUT2D eigenvalue weighted by Gasteiger charge is 2.25. The van der Waals surface area contributed by atoms with Crippen molar-refractivity contribution in [2.75, 3.05) is 7.11 Å². The molecule has 0 unspecified atom stereocenters. The maximum absolute atomic E-state index is 14.4. The van der Waals surface area contributed by atoms with Crippen LogP contribution >= 0.6 is 0 Å². The molecule has 0 saturated carbocycles. The van der Waals surface area contributed by atoms with Gasteiger partial charge in [-0.1, -0.05) is 37.3 Å². The molecule has 1 aliphatic rings. The van der Waals surface area contributed by atoms with Gasteiger partial charge in [-0.25, -0.2) is 4.39 Å². The lowest BCUT2D eigenvalue weighted by Crippen LogP contribution is -2.05. The topological polar surface area (TPSA) is 55.8 Å². The second kappa shape index (κ2) is 8.80. The molecule has 0 spiro atoms. The smallest absolute Gasteiger partial charge is 0.303 e. The monoisotopic (exact) mass is 420 g/mol. The molecule has 3 aromatic rings. The SMILES string of the molecule is COc1ccc(F)c(-c2ccc3c(c2)CC[C@H]3Oc2cccc([C@H](C)CC(=O)O)c2)c1. The van der Waals surface area contributed by atoms with Gasteiger partial charge in [-0.05, 0) is 71.3 Å². The minimum absolute atomic E-state index is 0.0794. The molecule has 1 aliphatic carbocycles. The second-order valence-electron chi connectivity index (χ2n) is 7.98. The highest BCUT2D eigenvalue weighted by atomic mass is 19.1. The lowest BCUT2D eigenvalue weighted by molar-refractivity contribution is -0.137. The number of aliphatic carboxylic acids is 1. The first-order valence-electron chi connectivity index (χ1n) is 10.4. The number of aryl methyl sites for hydroxylation is 1. The van der Waals surface area contributed by atoms with Crippen molar-refractivity contribution in [3.8, 4) is 22.6 Å². The second-order valence-corrected chi connectivity index (χ2v) is 7.98. The van der Waals surface area contributed by atoms with Crippen molar-refractivity contribution in [1.82, 2.24) is 0 Å². The number of hydrogen-bond acceptors (Lipinski definition) is 3. The van der Waals surface area contributed by atoms with Crippen LogP contribution in [0.15, 0.2) is 60.7 Å². The summed E-state index contributed by atoms with van der Waals surface area (Å²) in [5.74, 6) is 0.175. The largest absolute Gasteiger partial charge is 0.497 e. The van der Waals surface area contributed by atoms with E-state index in [0.717, 1.165) is 40.8 Å². The molecule has 2 atom stereocenters. The molecule has 0 aromatic heterocycles. The summed E-state index contributed by atoms with van der Waals surface area (Å²) in [5.41, 5.74) is 4.55. The number of methoxy groups -OCH3 is 1. The fourth-order valence-corrected chi connectivity index (χ4v) is 4.16. The molecule has 4 nitrogen and oxygen atoms in total. The van der Waals surface area contributed by atoms with Gasteiger partial charge in [0.05, 0.1) is 13.5 Å². The Hall–Kier alpha value is -3.34. The third kappa shape index (κ3) is 4.55. The normalized spacial score (nSPS) is 15.9. The first-order chi connectivity index (χ1) is 14.9. The first kappa shape index (κ1) is 20.9. The van der Waals surface area contributed by atoms with Crippen LogP contribution in [0.25, 0.3) is 11.1 Å². The van der Waals surface area contributed by atoms with Crippen LogP contribution in [-0.4, -0.2) is 18.2 Å². The van der Waals surface area contributed by atoms with Crippen LogP contribution in [0.5, 0.6) is 11.5 Å². The minimum Gasteiger partial charge on any atom is -0.497 e. The molecule has 160 valence electrons. The van der Waals surface area contributed by atoms with Crippen LogP contribution in [0.1, 0.15) is 48.5 Å². The van der Waals surface area contributed by atoms with Gasteiger partial charge in [0.1, 0.15) is 23.4 Å². The van der Waals surface area contributed by atoms with E-state index in [4.69, 9.17) is 14.6 Å². The fraction of sp³-hybridized carbons (Fsp3) is 0.269. The molecule has 31 heavy (non-hydrogen) atoms. The van der Waals surface area contributed by atoms with Gasteiger partial charge < -0.3 is 14.6 Å². The van der Waals surface area contributed by atoms with Crippen LogP contribution in [0, 0.1) is 5.82 Å². The first-order valence-corrected chi connectivity index (χ1v) is 10.4. The molecule has 0 amide bonds. The minimum atomic E-state index is -0.813. The zero-order valence-electron chi connectivity index (χ0n) is 17.6. The number of benzene rings is 3. The van der Waals surface area contributed by atoms with E-state index in [-0.39, 0.29) is 24.3 Å². The van der Waals surface area contributed by atoms with E-state index >= 15 is 0 Å². The van der Waals surface area contributed by atoms with E-state index in [9.17, 15) is 9.18 Å². The molecule has 0 aliphatic heterocycles. The number of fused-ring (bicyclic) bond motifs is 1. The lowest BCUT2D eigenvalue weighted by atomic mass is 9.98. The summed E-state index contributed by atoms with van der Waals surface area (Å²) in [7, 11) is 1.57. The highest BCUT2D eigenvalue weighted by Crippen LogP contribution is 2.38. The van der Waals surface area contributed by atoms with Crippen LogP contribution in [-0.2, 0) is 11.2 Å². The Morgan fingerprint density at radius 3 is 2.74 bits per heavy atom. The van der Waals surface area contributed by atoms with Gasteiger partial charge in [-0.2, -0.15) is 0 Å². The molecule has 1 N–H and O–H groups in total. The Kier molecular flexibility index (Phi) is 5.94. The van der Waals surface area contributed by atoms with E-state index in [2.05, 4.69) is 0 Å². The fourth-order valence-electron chi connectivity index (χ4n) is 4.16. The third-order valence-electron chi connectivity index (χ3n) is 5.84. The number of ether oxygens (including phenoxy) is 2. The number of halogens is 1. The average Bonchev–Trinajstić information content (AvgIpc) is 3.15. The standard InChI is InChI=1S/C26H25FO4/c1-16(12-26(28)29)17-4-3-5-21(14-17)31-25-11-7-18-13-19(6-9-22(18)25)23-15-20(30-2)8-10-24(23)27/h3-6,8-10,13-16,25H,7,11-12H2,1-2H3,(H,28,29)/t16-,25-/m1/s1. The molecule has 0 saturated heterocycles. The number of carboxylic acid groups (broad SMARTS) is 1. The Bertz CT molecular complexity index is 1110. The van der Waals surface area contributed by atoms with Crippen molar-refractivity contribution >= 4 is 5.97 Å². The number of carbonyl (C=O) groups is 1. The molecule has 0 bridgehead atoms. The van der Waals surface area contributed by atoms with Crippen LogP contribution in [0.4, 0.5) is 4.39 Å². The number of hydrogen-bond donors (Lipinski definition) is 1. The number of rotatable bonds is 7. The number of carboxylic acids is 1. The predicted octanol–water partition coefficient (Wildman–Crippen LogP) is 6.15. The summed E-state index contributed by atoms with van der Waals surface area (Å²) in [6.45, 7) is 1.90. The van der Waals surface area contributed by atoms with E-state index in [1.807, 2.05) is 49.4 Å². The van der Waals surface area contributed by atoms with Gasteiger partial charge in [0.2, 0.25) is 0 Å². The van der Waals surface area contributed by atoms with Gasteiger partial charge in [-0.15, -0.1) is 0 Å². The van der Waals surface area contributed by atoms with Crippen LogP contribution in [0.3, 0.4) is 0 Å². The Morgan fingerprint density at radius 1 is 1.13 bits per heavy atom. The van der Waals surface area contributed by atoms with Gasteiger partial charge >= 0.3 is 5.97 Å². The summed E-state index contributed by atoms with van der Waals surface area (Å²) < 4.78 is 25.9. The third-order valence-corrected chi connectivity index (χ3v) is 5.84. The van der Waals surface area contributed by atoms with Crippen molar-refractivity contribution < 1.29 is 23.8 Å². The molecule has 0 fully saturated rings. The predicted molar refractivity (Wildman–Crippen MR) is 117 cm³/mol. The molecule has 3 aromatic carbocycles. The Labute approximate surface area is 181 Å². The van der Waals surface area contributed by atoms with Crippen molar-refractivity contribution in [3.63, 3.8) is 0 Å². The van der Waals surface area contributed by atoms with Crippen molar-refractivity contribution in [1.29, 1.82) is 0 Å². The van der Waals surface area contributed by atoms with Gasteiger partial charge in [-0.3, -0.25) is 4.79 Å². The maximum atomic E-state index is 14.4. The summed E-state index contributed by atoms with van der Waals surface area (Å²) in [6.07, 6.45) is 1.70. The van der Waals surface area contributed by atoms with E-state index in [1.54, 1.807) is 19.2 Å². The summed E-state index contributed by atoms with van der Waals surface area (Å²) >= 11 is 0. The zero-order chi connectivity index (χ0) is 22.0. The lowest BCUT2D eigenvalue weighted by Gasteiger charge is -2.17. The summed E-state index contributed by atoms with van der Waals surface area (Å²) in [4.78, 5) is 11.0. The van der Waals surface area contributed by atoms with Gasteiger partial charge in [0.15, 0.2) is 0 Å². The zero-order valence-corrected chi connectivity index (χ0v) is 17.6. The molecular formula is C26H25FO4. The van der Waals surface area contributed by atoms with E-state index in [0.29, 0.717) is 11.3 Å². The molecular weight excluding hydrogens is 395 g/mol. The summed E-state index contributed by atoms with van der Waals surface area (Å²) in [6, 6.07) is 18.4. The van der Waals surface area contributed by atoms with Crippen LogP contribution in [0.2, 0.25) is 0 Å². The summed E-state index contributed by atoms with van der Waals surface area (Å²) in [5, 5.41) is 9.04. The molecule has 5 heteroatoms. The molecule has 0 heterocycles. The van der Waals surface area contributed by atoms with Crippen molar-refractivity contribution in [3.05, 3.63) is 83.2 Å². The quantitative estimate of drug-likeness (QED) is 0.498. The van der Waals surface area contributed by atoms with Crippen molar-refractivity contribution in [2.45, 2.75) is 38.2 Å². The van der Waals surface area contributed by atoms with Gasteiger partial charge in [0, 0.05) is 5.56 Å². The van der Waals surface area contributed by atoms with E-state index < -0.39 is 5.97 Å². The maximum Gasteiger partial charge on any atom is 0.303 e. The Balaban J connectivity index is 1.55. The van der Waals surface area contributed by atoms with E-state index in [1.165, 1.54) is 6.07 Å². The molecule has 0 radical (unpaired) electrons. The highest BCUT2D eigenvalue weighted by molar-refractivity contribution is 5.68. The van der Waals surface area contributed by atoms with Gasteiger partial charge in [0.25, 0.3) is 0 Å². The van der Waals surface area contributed by atoms with Crippen molar-refractivity contribution in [2.24, 2.45) is 0 Å². The molecule has 4 rings (SSSR count). The van der Waals surface area contributed by atoms with Crippen LogP contribution < -0.4 is 9.47 Å². The average molecular weight is 420 g/mol. The Morgan fingerprint density at radius 2 is 1.97 bits per heavy atom.